The molecule has 24 heavy (non-hydrogen) atoms. The minimum absolute atomic E-state index is 0.00539. The van der Waals surface area contributed by atoms with E-state index in [2.05, 4.69) is 27.0 Å². The number of furan rings is 1. The summed E-state index contributed by atoms with van der Waals surface area (Å²) in [6.45, 7) is 4.51. The molecule has 2 aliphatic rings. The Hall–Kier alpha value is -1.63. The van der Waals surface area contributed by atoms with Gasteiger partial charge in [-0.1, -0.05) is 0 Å². The fraction of sp³-hybridized carbons (Fsp3) is 0.500. The number of amides is 1. The Labute approximate surface area is 145 Å². The van der Waals surface area contributed by atoms with Crippen molar-refractivity contribution in [2.24, 2.45) is 5.92 Å². The summed E-state index contributed by atoms with van der Waals surface area (Å²) in [6.07, 6.45) is 3.56. The summed E-state index contributed by atoms with van der Waals surface area (Å²) in [5.41, 5.74) is 1.39. The first-order chi connectivity index (χ1) is 11.8. The van der Waals surface area contributed by atoms with E-state index in [-0.39, 0.29) is 11.5 Å². The number of hydrogen-bond donors (Lipinski definition) is 1. The van der Waals surface area contributed by atoms with E-state index in [0.29, 0.717) is 18.2 Å². The van der Waals surface area contributed by atoms with E-state index in [1.807, 2.05) is 0 Å². The highest BCUT2D eigenvalue weighted by molar-refractivity contribution is 7.07. The molecular weight excluding hydrogens is 324 g/mol. The van der Waals surface area contributed by atoms with Gasteiger partial charge < -0.3 is 14.5 Å². The van der Waals surface area contributed by atoms with Crippen LogP contribution in [0.15, 0.2) is 39.6 Å². The molecule has 2 aliphatic heterocycles. The molecule has 2 aromatic heterocycles. The monoisotopic (exact) mass is 346 g/mol. The van der Waals surface area contributed by atoms with Crippen LogP contribution >= 0.6 is 11.3 Å². The molecular formula is C18H22N2O3S. The van der Waals surface area contributed by atoms with Gasteiger partial charge in [-0.15, -0.1) is 0 Å². The third kappa shape index (κ3) is 3.14. The molecule has 0 aliphatic carbocycles. The highest BCUT2D eigenvalue weighted by atomic mass is 32.1. The third-order valence-electron chi connectivity index (χ3n) is 5.09. The predicted octanol–water partition coefficient (Wildman–Crippen LogP) is 2.75. The van der Waals surface area contributed by atoms with Crippen LogP contribution in [-0.2, 0) is 11.3 Å². The first kappa shape index (κ1) is 15.9. The van der Waals surface area contributed by atoms with Crippen molar-refractivity contribution in [3.63, 3.8) is 0 Å². The average molecular weight is 346 g/mol. The lowest BCUT2D eigenvalue weighted by Crippen LogP contribution is -2.64. The molecule has 2 fully saturated rings. The van der Waals surface area contributed by atoms with E-state index in [0.717, 1.165) is 39.1 Å². The number of likely N-dealkylation sites (tertiary alicyclic amines) is 1. The summed E-state index contributed by atoms with van der Waals surface area (Å²) < 4.78 is 11.2. The Morgan fingerprint density at radius 1 is 1.42 bits per heavy atom. The zero-order valence-electron chi connectivity index (χ0n) is 13.6. The van der Waals surface area contributed by atoms with E-state index in [9.17, 15) is 4.79 Å². The van der Waals surface area contributed by atoms with Gasteiger partial charge in [0.2, 0.25) is 0 Å². The Kier molecular flexibility index (Phi) is 4.43. The molecule has 0 aromatic carbocycles. The Morgan fingerprint density at radius 3 is 3.08 bits per heavy atom. The highest BCUT2D eigenvalue weighted by Crippen LogP contribution is 2.42. The standard InChI is InChI=1S/C18H22N2O3S/c21-17(16-2-1-7-22-16)19-6-3-15-4-8-23-18(15)12-20(13-18)10-14-5-9-24-11-14/h1-2,5,7,9,11,15H,3-4,6,8,10,12-13H2,(H,19,21). The van der Waals surface area contributed by atoms with Crippen molar-refractivity contribution in [1.29, 1.82) is 0 Å². The molecule has 0 radical (unpaired) electrons. The van der Waals surface area contributed by atoms with Gasteiger partial charge in [-0.2, -0.15) is 11.3 Å². The maximum Gasteiger partial charge on any atom is 0.286 e. The van der Waals surface area contributed by atoms with Crippen molar-refractivity contribution in [2.45, 2.75) is 25.0 Å². The summed E-state index contributed by atoms with van der Waals surface area (Å²) >= 11 is 1.75. The largest absolute Gasteiger partial charge is 0.459 e. The maximum atomic E-state index is 11.9. The van der Waals surface area contributed by atoms with Crippen molar-refractivity contribution in [2.75, 3.05) is 26.2 Å². The Morgan fingerprint density at radius 2 is 2.33 bits per heavy atom. The number of rotatable bonds is 6. The van der Waals surface area contributed by atoms with Crippen LogP contribution in [0.4, 0.5) is 0 Å². The van der Waals surface area contributed by atoms with Crippen LogP contribution in [0.25, 0.3) is 0 Å². The Balaban J connectivity index is 1.25. The fourth-order valence-electron chi connectivity index (χ4n) is 3.86. The number of carbonyl (C=O) groups excluding carboxylic acids is 1. The van der Waals surface area contributed by atoms with Crippen LogP contribution in [0.2, 0.25) is 0 Å². The number of hydrogen-bond acceptors (Lipinski definition) is 5. The molecule has 4 rings (SSSR count). The van der Waals surface area contributed by atoms with Crippen LogP contribution in [0.3, 0.4) is 0 Å². The van der Waals surface area contributed by atoms with Crippen LogP contribution in [0.5, 0.6) is 0 Å². The van der Waals surface area contributed by atoms with Crippen molar-refractivity contribution in [3.8, 4) is 0 Å². The van der Waals surface area contributed by atoms with Gasteiger partial charge in [0.15, 0.2) is 5.76 Å². The summed E-state index contributed by atoms with van der Waals surface area (Å²) in [4.78, 5) is 14.4. The van der Waals surface area contributed by atoms with Crippen LogP contribution in [0.1, 0.15) is 29.0 Å². The highest BCUT2D eigenvalue weighted by Gasteiger charge is 2.52. The minimum Gasteiger partial charge on any atom is -0.459 e. The fourth-order valence-corrected chi connectivity index (χ4v) is 4.52. The maximum absolute atomic E-state index is 11.9. The first-order valence-corrected chi connectivity index (χ1v) is 9.39. The van der Waals surface area contributed by atoms with Crippen molar-refractivity contribution in [3.05, 3.63) is 46.5 Å². The quantitative estimate of drug-likeness (QED) is 0.874. The van der Waals surface area contributed by atoms with Crippen molar-refractivity contribution in [1.82, 2.24) is 10.2 Å². The second kappa shape index (κ2) is 6.70. The molecule has 1 unspecified atom stereocenters. The van der Waals surface area contributed by atoms with E-state index >= 15 is 0 Å². The summed E-state index contributed by atoms with van der Waals surface area (Å²) in [5.74, 6) is 0.756. The summed E-state index contributed by atoms with van der Waals surface area (Å²) in [7, 11) is 0. The van der Waals surface area contributed by atoms with Gasteiger partial charge in [0.1, 0.15) is 0 Å². The number of nitrogens with one attached hydrogen (secondary N) is 1. The third-order valence-corrected chi connectivity index (χ3v) is 5.82. The Bertz CT molecular complexity index is 663. The molecule has 2 saturated heterocycles. The normalized spacial score (nSPS) is 22.6. The average Bonchev–Trinajstić information content (AvgIpc) is 3.28. The molecule has 6 heteroatoms. The van der Waals surface area contributed by atoms with Gasteiger partial charge in [0, 0.05) is 32.8 Å². The second-order valence-electron chi connectivity index (χ2n) is 6.70. The van der Waals surface area contributed by atoms with E-state index in [4.69, 9.17) is 9.15 Å². The van der Waals surface area contributed by atoms with Crippen molar-refractivity contribution < 1.29 is 13.9 Å². The molecule has 5 nitrogen and oxygen atoms in total. The smallest absolute Gasteiger partial charge is 0.286 e. The molecule has 1 N–H and O–H groups in total. The predicted molar refractivity (Wildman–Crippen MR) is 92.0 cm³/mol. The number of carbonyl (C=O) groups is 1. The van der Waals surface area contributed by atoms with Gasteiger partial charge in [-0.05, 0) is 53.3 Å². The molecule has 4 heterocycles. The minimum atomic E-state index is -0.138. The number of nitrogens with zero attached hydrogens (tertiary/aromatic N) is 1. The molecule has 0 bridgehead atoms. The zero-order valence-corrected chi connectivity index (χ0v) is 14.4. The van der Waals surface area contributed by atoms with Crippen LogP contribution < -0.4 is 5.32 Å². The molecule has 1 amide bonds. The molecule has 1 atom stereocenters. The lowest BCUT2D eigenvalue weighted by molar-refractivity contribution is -0.136. The van der Waals surface area contributed by atoms with Crippen LogP contribution in [-0.4, -0.2) is 42.6 Å². The lowest BCUT2D eigenvalue weighted by atomic mass is 9.79. The zero-order chi connectivity index (χ0) is 16.4. The van der Waals surface area contributed by atoms with Gasteiger partial charge >= 0.3 is 0 Å². The summed E-state index contributed by atoms with van der Waals surface area (Å²) in [5, 5.41) is 7.28. The SMILES string of the molecule is O=C(NCCC1CCOC12CN(Cc1ccsc1)C2)c1ccco1. The summed E-state index contributed by atoms with van der Waals surface area (Å²) in [6, 6.07) is 5.60. The first-order valence-electron chi connectivity index (χ1n) is 8.44. The van der Waals surface area contributed by atoms with Gasteiger partial charge in [-0.3, -0.25) is 9.69 Å². The molecule has 2 aromatic rings. The molecule has 128 valence electrons. The van der Waals surface area contributed by atoms with Crippen LogP contribution in [0, 0.1) is 5.92 Å². The van der Waals surface area contributed by atoms with Gasteiger partial charge in [0.25, 0.3) is 5.91 Å². The van der Waals surface area contributed by atoms with E-state index < -0.39 is 0 Å². The number of thiophene rings is 1. The second-order valence-corrected chi connectivity index (χ2v) is 7.48. The van der Waals surface area contributed by atoms with E-state index in [1.165, 1.54) is 11.8 Å². The van der Waals surface area contributed by atoms with Gasteiger partial charge in [0.05, 0.1) is 11.9 Å². The molecule has 1 spiro atoms. The number of ether oxygens (including phenoxy) is 1. The lowest BCUT2D eigenvalue weighted by Gasteiger charge is -2.50. The topological polar surface area (TPSA) is 54.7 Å². The van der Waals surface area contributed by atoms with Gasteiger partial charge in [-0.25, -0.2) is 0 Å². The van der Waals surface area contributed by atoms with Crippen molar-refractivity contribution >= 4 is 17.2 Å². The van der Waals surface area contributed by atoms with E-state index in [1.54, 1.807) is 23.5 Å². The molecule has 0 saturated carbocycles.